The number of amides is 2. The van der Waals surface area contributed by atoms with Gasteiger partial charge in [0.25, 0.3) is 5.91 Å². The van der Waals surface area contributed by atoms with E-state index in [9.17, 15) is 9.59 Å². The van der Waals surface area contributed by atoms with Crippen molar-refractivity contribution in [3.63, 3.8) is 0 Å². The number of hydrogen-bond acceptors (Lipinski definition) is 3. The first-order chi connectivity index (χ1) is 7.11. The molecular formula is C8H12N4O3. The van der Waals surface area contributed by atoms with Crippen LogP contribution in [0.2, 0.25) is 0 Å². The van der Waals surface area contributed by atoms with E-state index in [1.807, 2.05) is 0 Å². The lowest BCUT2D eigenvalue weighted by molar-refractivity contribution is 0.0991. The van der Waals surface area contributed by atoms with Crippen LogP contribution in [0.15, 0.2) is 12.4 Å². The second-order valence-corrected chi connectivity index (χ2v) is 2.93. The highest BCUT2D eigenvalue weighted by Crippen LogP contribution is 2.03. The Morgan fingerprint density at radius 1 is 1.53 bits per heavy atom. The third kappa shape index (κ3) is 3.29. The van der Waals surface area contributed by atoms with Crippen LogP contribution in [0.5, 0.6) is 0 Å². The molecule has 1 aliphatic heterocycles. The number of primary amides is 1. The van der Waals surface area contributed by atoms with Crippen LogP contribution >= 0.6 is 0 Å². The van der Waals surface area contributed by atoms with E-state index in [-0.39, 0.29) is 5.82 Å². The highest BCUT2D eigenvalue weighted by Gasteiger charge is 2.17. The topological polar surface area (TPSA) is 112 Å². The number of imidazole rings is 1. The van der Waals surface area contributed by atoms with Gasteiger partial charge in [-0.3, -0.25) is 4.79 Å². The second kappa shape index (κ2) is 4.99. The van der Waals surface area contributed by atoms with Gasteiger partial charge >= 0.3 is 6.09 Å². The van der Waals surface area contributed by atoms with Crippen LogP contribution < -0.4 is 5.73 Å². The van der Waals surface area contributed by atoms with Gasteiger partial charge in [-0.2, -0.15) is 0 Å². The normalized spacial score (nSPS) is 13.5. The maximum absolute atomic E-state index is 10.2. The number of H-pyrrole nitrogens is 1. The fourth-order valence-electron chi connectivity index (χ4n) is 0.908. The lowest BCUT2D eigenvalue weighted by Crippen LogP contribution is -2.40. The molecule has 0 bridgehead atoms. The van der Waals surface area contributed by atoms with E-state index < -0.39 is 12.0 Å². The summed E-state index contributed by atoms with van der Waals surface area (Å²) in [6.07, 6.45) is 3.26. The maximum atomic E-state index is 10.2. The van der Waals surface area contributed by atoms with Crippen molar-refractivity contribution in [3.05, 3.63) is 18.2 Å². The second-order valence-electron chi connectivity index (χ2n) is 2.93. The summed E-state index contributed by atoms with van der Waals surface area (Å²) >= 11 is 0. The molecule has 7 heteroatoms. The fourth-order valence-corrected chi connectivity index (χ4v) is 0.908. The monoisotopic (exact) mass is 212 g/mol. The van der Waals surface area contributed by atoms with Crippen molar-refractivity contribution >= 4 is 12.0 Å². The summed E-state index contributed by atoms with van der Waals surface area (Å²) in [5.41, 5.74) is 4.83. The van der Waals surface area contributed by atoms with Gasteiger partial charge in [0.2, 0.25) is 0 Å². The Bertz CT molecular complexity index is 332. The summed E-state index contributed by atoms with van der Waals surface area (Å²) in [6, 6.07) is 0. The number of carboxylic acid groups (broad SMARTS) is 1. The molecule has 2 amide bonds. The van der Waals surface area contributed by atoms with Gasteiger partial charge in [-0.05, 0) is 6.42 Å². The first kappa shape index (κ1) is 11.0. The van der Waals surface area contributed by atoms with Crippen LogP contribution in [0.4, 0.5) is 4.79 Å². The average Bonchev–Trinajstić information content (AvgIpc) is 2.51. The quantitative estimate of drug-likeness (QED) is 0.602. The van der Waals surface area contributed by atoms with Crippen LogP contribution in [-0.2, 0) is 0 Å². The average molecular weight is 212 g/mol. The molecule has 0 unspecified atom stereocenters. The van der Waals surface area contributed by atoms with Crippen LogP contribution in [0, 0.1) is 0 Å². The predicted molar refractivity (Wildman–Crippen MR) is 51.3 cm³/mol. The molecule has 82 valence electrons. The van der Waals surface area contributed by atoms with Crippen molar-refractivity contribution < 1.29 is 14.7 Å². The van der Waals surface area contributed by atoms with E-state index in [2.05, 4.69) is 9.97 Å². The summed E-state index contributed by atoms with van der Waals surface area (Å²) in [5.74, 6) is -0.333. The van der Waals surface area contributed by atoms with Crippen LogP contribution in [0.3, 0.4) is 0 Å². The number of hydrogen-bond donors (Lipinski definition) is 3. The molecule has 0 aliphatic carbocycles. The van der Waals surface area contributed by atoms with E-state index >= 15 is 0 Å². The molecule has 2 rings (SSSR count). The molecule has 1 saturated heterocycles. The molecule has 0 aromatic carbocycles. The minimum absolute atomic E-state index is 0.199. The molecule has 2 heterocycles. The number of nitrogens with one attached hydrogen (secondary N) is 1. The first-order valence-corrected chi connectivity index (χ1v) is 4.38. The Hall–Kier alpha value is -2.05. The third-order valence-corrected chi connectivity index (χ3v) is 1.86. The molecule has 1 aromatic rings. The number of nitrogens with zero attached hydrogens (tertiary/aromatic N) is 2. The number of nitrogens with two attached hydrogens (primary N) is 1. The molecule has 7 nitrogen and oxygen atoms in total. The SMILES string of the molecule is NC(=O)c1ncc[nH]1.O=C(O)N1CCC1. The zero-order valence-corrected chi connectivity index (χ0v) is 8.01. The van der Waals surface area contributed by atoms with Crippen molar-refractivity contribution in [2.45, 2.75) is 6.42 Å². The molecule has 1 aromatic heterocycles. The Kier molecular flexibility index (Phi) is 3.67. The summed E-state index contributed by atoms with van der Waals surface area (Å²) in [7, 11) is 0. The van der Waals surface area contributed by atoms with Crippen LogP contribution in [0.1, 0.15) is 17.0 Å². The summed E-state index contributed by atoms with van der Waals surface area (Å²) in [6.45, 7) is 1.46. The molecule has 15 heavy (non-hydrogen) atoms. The largest absolute Gasteiger partial charge is 0.465 e. The predicted octanol–water partition coefficient (Wildman–Crippen LogP) is -0.121. The number of carbonyl (C=O) groups is 2. The van der Waals surface area contributed by atoms with Crippen molar-refractivity contribution in [3.8, 4) is 0 Å². The molecule has 0 atom stereocenters. The standard InChI is InChI=1S/C4H5N3O.C4H7NO2/c5-3(8)4-6-1-2-7-4;6-4(7)5-2-1-3-5/h1-2H,(H2,5,8)(H,6,7);1-3H2,(H,6,7). The number of aromatic amines is 1. The minimum atomic E-state index is -0.786. The van der Waals surface area contributed by atoms with Gasteiger partial charge in [0.15, 0.2) is 5.82 Å². The highest BCUT2D eigenvalue weighted by molar-refractivity contribution is 5.88. The van der Waals surface area contributed by atoms with Crippen molar-refractivity contribution in [1.29, 1.82) is 0 Å². The van der Waals surface area contributed by atoms with Crippen LogP contribution in [0.25, 0.3) is 0 Å². The van der Waals surface area contributed by atoms with Gasteiger partial charge in [0, 0.05) is 25.5 Å². The molecule has 1 fully saturated rings. The Balaban J connectivity index is 0.000000151. The van der Waals surface area contributed by atoms with Gasteiger partial charge in [-0.15, -0.1) is 0 Å². The van der Waals surface area contributed by atoms with Crippen molar-refractivity contribution in [2.24, 2.45) is 5.73 Å². The van der Waals surface area contributed by atoms with E-state index in [1.54, 1.807) is 6.20 Å². The van der Waals surface area contributed by atoms with E-state index in [1.165, 1.54) is 11.1 Å². The first-order valence-electron chi connectivity index (χ1n) is 4.38. The number of aromatic nitrogens is 2. The summed E-state index contributed by atoms with van der Waals surface area (Å²) in [4.78, 5) is 27.6. The zero-order chi connectivity index (χ0) is 11.3. The zero-order valence-electron chi connectivity index (χ0n) is 8.01. The molecular weight excluding hydrogens is 200 g/mol. The van der Waals surface area contributed by atoms with E-state index in [4.69, 9.17) is 10.8 Å². The van der Waals surface area contributed by atoms with Gasteiger partial charge in [0.1, 0.15) is 0 Å². The number of likely N-dealkylation sites (tertiary alicyclic amines) is 1. The fraction of sp³-hybridized carbons (Fsp3) is 0.375. The Morgan fingerprint density at radius 2 is 2.20 bits per heavy atom. The Labute approximate surface area is 85.9 Å². The highest BCUT2D eigenvalue weighted by atomic mass is 16.4. The van der Waals surface area contributed by atoms with E-state index in [0.29, 0.717) is 0 Å². The molecule has 4 N–H and O–H groups in total. The van der Waals surface area contributed by atoms with Gasteiger partial charge in [-0.25, -0.2) is 9.78 Å². The summed E-state index contributed by atoms with van der Waals surface area (Å²) < 4.78 is 0. The number of carbonyl (C=O) groups excluding carboxylic acids is 1. The summed E-state index contributed by atoms with van der Waals surface area (Å²) in [5, 5.41) is 8.16. The smallest absolute Gasteiger partial charge is 0.407 e. The molecule has 0 spiro atoms. The van der Waals surface area contributed by atoms with E-state index in [0.717, 1.165) is 19.5 Å². The van der Waals surface area contributed by atoms with Gasteiger partial charge < -0.3 is 20.7 Å². The van der Waals surface area contributed by atoms with Crippen molar-refractivity contribution in [1.82, 2.24) is 14.9 Å². The Morgan fingerprint density at radius 3 is 2.33 bits per heavy atom. The van der Waals surface area contributed by atoms with Gasteiger partial charge in [-0.1, -0.05) is 0 Å². The lowest BCUT2D eigenvalue weighted by Gasteiger charge is -2.27. The number of rotatable bonds is 1. The van der Waals surface area contributed by atoms with Crippen LogP contribution in [-0.4, -0.2) is 45.1 Å². The third-order valence-electron chi connectivity index (χ3n) is 1.86. The molecule has 0 saturated carbocycles. The van der Waals surface area contributed by atoms with Gasteiger partial charge in [0.05, 0.1) is 0 Å². The van der Waals surface area contributed by atoms with Crippen molar-refractivity contribution in [2.75, 3.05) is 13.1 Å². The maximum Gasteiger partial charge on any atom is 0.407 e. The minimum Gasteiger partial charge on any atom is -0.465 e. The lowest BCUT2D eigenvalue weighted by atomic mass is 10.2. The molecule has 0 radical (unpaired) electrons. The molecule has 1 aliphatic rings.